The van der Waals surface area contributed by atoms with Crippen molar-refractivity contribution in [1.82, 2.24) is 15.1 Å². The molecule has 0 aliphatic carbocycles. The van der Waals surface area contributed by atoms with Crippen molar-refractivity contribution in [3.8, 4) is 5.69 Å². The van der Waals surface area contributed by atoms with Gasteiger partial charge in [-0.05, 0) is 36.2 Å². The summed E-state index contributed by atoms with van der Waals surface area (Å²) >= 11 is 0. The monoisotopic (exact) mass is 366 g/mol. The highest BCUT2D eigenvalue weighted by Gasteiger charge is 2.16. The molecule has 2 N–H and O–H groups in total. The van der Waals surface area contributed by atoms with Crippen molar-refractivity contribution in [2.45, 2.75) is 13.3 Å². The third-order valence-electron chi connectivity index (χ3n) is 3.84. The van der Waals surface area contributed by atoms with Crippen LogP contribution in [0.15, 0.2) is 60.7 Å². The van der Waals surface area contributed by atoms with E-state index in [-0.39, 0.29) is 23.3 Å². The van der Waals surface area contributed by atoms with Crippen LogP contribution in [0.2, 0.25) is 0 Å². The van der Waals surface area contributed by atoms with Crippen LogP contribution in [0.3, 0.4) is 0 Å². The number of rotatable bonds is 6. The van der Waals surface area contributed by atoms with E-state index in [9.17, 15) is 14.0 Å². The third kappa shape index (κ3) is 4.78. The molecule has 0 aliphatic rings. The quantitative estimate of drug-likeness (QED) is 0.704. The first-order valence-electron chi connectivity index (χ1n) is 8.48. The molecular formula is C20H19FN4O2. The van der Waals surface area contributed by atoms with Crippen molar-refractivity contribution < 1.29 is 14.0 Å². The summed E-state index contributed by atoms with van der Waals surface area (Å²) in [4.78, 5) is 23.9. The van der Waals surface area contributed by atoms with E-state index >= 15 is 0 Å². The van der Waals surface area contributed by atoms with Gasteiger partial charge in [0.2, 0.25) is 5.91 Å². The number of hydrogen-bond donors (Lipinski definition) is 2. The minimum absolute atomic E-state index is 0.182. The number of aromatic nitrogens is 2. The summed E-state index contributed by atoms with van der Waals surface area (Å²) in [6.07, 6.45) is 0.501. The molecule has 0 radical (unpaired) electrons. The molecule has 3 rings (SSSR count). The van der Waals surface area contributed by atoms with E-state index in [1.807, 2.05) is 30.3 Å². The SMILES string of the molecule is CC(=O)Nc1cc(C(=O)NCCc2cccc(F)c2)nn1-c1ccccc1. The highest BCUT2D eigenvalue weighted by molar-refractivity contribution is 5.95. The lowest BCUT2D eigenvalue weighted by atomic mass is 10.1. The Bertz CT molecular complexity index is 954. The van der Waals surface area contributed by atoms with Crippen molar-refractivity contribution in [3.63, 3.8) is 0 Å². The molecule has 1 heterocycles. The third-order valence-corrected chi connectivity index (χ3v) is 3.84. The molecule has 2 aromatic carbocycles. The van der Waals surface area contributed by atoms with E-state index in [4.69, 9.17) is 0 Å². The largest absolute Gasteiger partial charge is 0.350 e. The first-order valence-corrected chi connectivity index (χ1v) is 8.48. The Balaban J connectivity index is 1.72. The fourth-order valence-electron chi connectivity index (χ4n) is 2.63. The highest BCUT2D eigenvalue weighted by Crippen LogP contribution is 2.17. The van der Waals surface area contributed by atoms with Gasteiger partial charge in [-0.3, -0.25) is 9.59 Å². The Labute approximate surface area is 156 Å². The fourth-order valence-corrected chi connectivity index (χ4v) is 2.63. The molecule has 0 saturated heterocycles. The zero-order valence-electron chi connectivity index (χ0n) is 14.8. The Kier molecular flexibility index (Phi) is 5.61. The lowest BCUT2D eigenvalue weighted by Gasteiger charge is -2.06. The Hall–Kier alpha value is -3.48. The second-order valence-corrected chi connectivity index (χ2v) is 5.98. The lowest BCUT2D eigenvalue weighted by Crippen LogP contribution is -2.26. The number of carbonyl (C=O) groups is 2. The fraction of sp³-hybridized carbons (Fsp3) is 0.150. The minimum atomic E-state index is -0.368. The molecule has 1 aromatic heterocycles. The summed E-state index contributed by atoms with van der Waals surface area (Å²) in [5.41, 5.74) is 1.70. The summed E-state index contributed by atoms with van der Waals surface area (Å²) in [5.74, 6) is -0.526. The van der Waals surface area contributed by atoms with E-state index in [2.05, 4.69) is 15.7 Å². The summed E-state index contributed by atoms with van der Waals surface area (Å²) < 4.78 is 14.7. The molecule has 0 atom stereocenters. The molecule has 7 heteroatoms. The van der Waals surface area contributed by atoms with Gasteiger partial charge in [-0.15, -0.1) is 0 Å². The summed E-state index contributed by atoms with van der Waals surface area (Å²) in [5, 5.41) is 9.74. The van der Waals surface area contributed by atoms with Crippen LogP contribution in [-0.2, 0) is 11.2 Å². The van der Waals surface area contributed by atoms with Crippen LogP contribution < -0.4 is 10.6 Å². The number of nitrogens with one attached hydrogen (secondary N) is 2. The van der Waals surface area contributed by atoms with E-state index in [1.54, 1.807) is 12.1 Å². The molecule has 27 heavy (non-hydrogen) atoms. The molecule has 6 nitrogen and oxygen atoms in total. The average molecular weight is 366 g/mol. The molecule has 0 spiro atoms. The predicted octanol–water partition coefficient (Wildman–Crippen LogP) is 2.94. The number of benzene rings is 2. The summed E-state index contributed by atoms with van der Waals surface area (Å²) in [6.45, 7) is 1.73. The van der Waals surface area contributed by atoms with Gasteiger partial charge in [-0.25, -0.2) is 9.07 Å². The van der Waals surface area contributed by atoms with Crippen molar-refractivity contribution in [3.05, 3.63) is 77.7 Å². The number of halogens is 1. The molecule has 0 aliphatic heterocycles. The van der Waals surface area contributed by atoms with Crippen LogP contribution in [0.5, 0.6) is 0 Å². The number of carbonyl (C=O) groups excluding carboxylic acids is 2. The van der Waals surface area contributed by atoms with Crippen LogP contribution in [0.1, 0.15) is 23.0 Å². The van der Waals surface area contributed by atoms with Crippen LogP contribution in [0.4, 0.5) is 10.2 Å². The molecule has 0 unspecified atom stereocenters. The van der Waals surface area contributed by atoms with E-state index < -0.39 is 0 Å². The van der Waals surface area contributed by atoms with Crippen molar-refractivity contribution >= 4 is 17.6 Å². The second-order valence-electron chi connectivity index (χ2n) is 5.98. The second kappa shape index (κ2) is 8.27. The maximum Gasteiger partial charge on any atom is 0.271 e. The van der Waals surface area contributed by atoms with Gasteiger partial charge in [0, 0.05) is 19.5 Å². The molecule has 0 saturated carbocycles. The van der Waals surface area contributed by atoms with Gasteiger partial charge in [-0.2, -0.15) is 5.10 Å². The van der Waals surface area contributed by atoms with E-state index in [1.165, 1.54) is 29.8 Å². The number of amides is 2. The minimum Gasteiger partial charge on any atom is -0.350 e. The molecule has 0 bridgehead atoms. The summed E-state index contributed by atoms with van der Waals surface area (Å²) in [7, 11) is 0. The normalized spacial score (nSPS) is 10.4. The Morgan fingerprint density at radius 1 is 1.07 bits per heavy atom. The van der Waals surface area contributed by atoms with Gasteiger partial charge >= 0.3 is 0 Å². The predicted molar refractivity (Wildman–Crippen MR) is 100 cm³/mol. The molecule has 2 amide bonds. The number of anilines is 1. The van der Waals surface area contributed by atoms with E-state index in [0.717, 1.165) is 11.3 Å². The summed E-state index contributed by atoms with van der Waals surface area (Å²) in [6, 6.07) is 17.0. The van der Waals surface area contributed by atoms with Crippen molar-refractivity contribution in [1.29, 1.82) is 0 Å². The smallest absolute Gasteiger partial charge is 0.271 e. The van der Waals surface area contributed by atoms with Crippen LogP contribution >= 0.6 is 0 Å². The van der Waals surface area contributed by atoms with Gasteiger partial charge in [0.25, 0.3) is 5.91 Å². The molecular weight excluding hydrogens is 347 g/mol. The zero-order chi connectivity index (χ0) is 19.2. The van der Waals surface area contributed by atoms with Crippen molar-refractivity contribution in [2.75, 3.05) is 11.9 Å². The van der Waals surface area contributed by atoms with Crippen LogP contribution in [0.25, 0.3) is 5.69 Å². The number of para-hydroxylation sites is 1. The number of hydrogen-bond acceptors (Lipinski definition) is 3. The maximum atomic E-state index is 13.2. The first kappa shape index (κ1) is 18.3. The van der Waals surface area contributed by atoms with Crippen molar-refractivity contribution in [2.24, 2.45) is 0 Å². The standard InChI is InChI=1S/C20H19FN4O2/c1-14(26)23-19-13-18(24-25(19)17-8-3-2-4-9-17)20(27)22-11-10-15-6-5-7-16(21)12-15/h2-9,12-13H,10-11H2,1H3,(H,22,27)(H,23,26). The number of nitrogens with zero attached hydrogens (tertiary/aromatic N) is 2. The first-order chi connectivity index (χ1) is 13.0. The topological polar surface area (TPSA) is 76.0 Å². The Morgan fingerprint density at radius 3 is 2.56 bits per heavy atom. The zero-order valence-corrected chi connectivity index (χ0v) is 14.8. The van der Waals surface area contributed by atoms with Gasteiger partial charge < -0.3 is 10.6 Å². The highest BCUT2D eigenvalue weighted by atomic mass is 19.1. The van der Waals surface area contributed by atoms with Gasteiger partial charge in [0.1, 0.15) is 11.6 Å². The van der Waals surface area contributed by atoms with Crippen LogP contribution in [0, 0.1) is 5.82 Å². The molecule has 0 fully saturated rings. The van der Waals surface area contributed by atoms with Gasteiger partial charge in [-0.1, -0.05) is 30.3 Å². The van der Waals surface area contributed by atoms with Gasteiger partial charge in [0.05, 0.1) is 5.69 Å². The Morgan fingerprint density at radius 2 is 1.85 bits per heavy atom. The van der Waals surface area contributed by atoms with Gasteiger partial charge in [0.15, 0.2) is 5.69 Å². The molecule has 3 aromatic rings. The molecule has 138 valence electrons. The van der Waals surface area contributed by atoms with Crippen LogP contribution in [-0.4, -0.2) is 28.1 Å². The maximum absolute atomic E-state index is 13.2. The average Bonchev–Trinajstić information content (AvgIpc) is 3.05. The lowest BCUT2D eigenvalue weighted by molar-refractivity contribution is -0.114. The van der Waals surface area contributed by atoms with E-state index in [0.29, 0.717) is 18.8 Å².